The summed E-state index contributed by atoms with van der Waals surface area (Å²) in [6, 6.07) is 26.1. The molecule has 0 unspecified atom stereocenters. The molecular weight excluding hydrogens is 472 g/mol. The van der Waals surface area contributed by atoms with Gasteiger partial charge in [-0.25, -0.2) is 10.4 Å². The van der Waals surface area contributed by atoms with Gasteiger partial charge in [0.1, 0.15) is 0 Å². The van der Waals surface area contributed by atoms with Crippen LogP contribution in [0.2, 0.25) is 0 Å². The number of para-hydroxylation sites is 2. The fraction of sp³-hybridized carbons (Fsp3) is 0.125. The Morgan fingerprint density at radius 1 is 1.06 bits per heavy atom. The zero-order valence-electron chi connectivity index (χ0n) is 17.0. The van der Waals surface area contributed by atoms with Crippen molar-refractivity contribution in [3.05, 3.63) is 94.5 Å². The molecular formula is C24H21BrN4OS. The summed E-state index contributed by atoms with van der Waals surface area (Å²) in [4.78, 5) is 17.2. The summed E-state index contributed by atoms with van der Waals surface area (Å²) in [6.07, 6.45) is 0. The van der Waals surface area contributed by atoms with E-state index in [4.69, 9.17) is 4.98 Å². The molecule has 31 heavy (non-hydrogen) atoms. The molecule has 0 aliphatic carbocycles. The van der Waals surface area contributed by atoms with Gasteiger partial charge in [-0.3, -0.25) is 4.79 Å². The molecule has 0 bridgehead atoms. The highest BCUT2D eigenvalue weighted by atomic mass is 79.9. The number of benzene rings is 3. The fourth-order valence-electron chi connectivity index (χ4n) is 3.17. The Balaban J connectivity index is 1.46. The van der Waals surface area contributed by atoms with Gasteiger partial charge in [0.25, 0.3) is 5.91 Å². The van der Waals surface area contributed by atoms with Gasteiger partial charge in [0, 0.05) is 4.47 Å². The predicted molar refractivity (Wildman–Crippen MR) is 130 cm³/mol. The van der Waals surface area contributed by atoms with Crippen LogP contribution in [0, 0.1) is 0 Å². The average Bonchev–Trinajstić information content (AvgIpc) is 3.14. The molecule has 4 aromatic rings. The van der Waals surface area contributed by atoms with Crippen LogP contribution in [0.4, 0.5) is 0 Å². The molecule has 4 rings (SSSR count). The van der Waals surface area contributed by atoms with Crippen LogP contribution in [0.3, 0.4) is 0 Å². The first-order chi connectivity index (χ1) is 15.1. The highest BCUT2D eigenvalue weighted by Gasteiger charge is 2.13. The van der Waals surface area contributed by atoms with E-state index in [1.165, 1.54) is 17.3 Å². The van der Waals surface area contributed by atoms with Gasteiger partial charge >= 0.3 is 0 Å². The minimum atomic E-state index is -0.169. The lowest BCUT2D eigenvalue weighted by Gasteiger charge is -2.09. The third-order valence-electron chi connectivity index (χ3n) is 4.73. The Morgan fingerprint density at radius 3 is 2.65 bits per heavy atom. The van der Waals surface area contributed by atoms with Crippen molar-refractivity contribution in [1.82, 2.24) is 15.0 Å². The molecule has 0 spiro atoms. The van der Waals surface area contributed by atoms with E-state index in [-0.39, 0.29) is 11.7 Å². The monoisotopic (exact) mass is 492 g/mol. The zero-order valence-corrected chi connectivity index (χ0v) is 19.4. The number of hydrogen-bond acceptors (Lipinski definition) is 4. The maximum Gasteiger partial charge on any atom is 0.250 e. The van der Waals surface area contributed by atoms with Crippen molar-refractivity contribution in [3.63, 3.8) is 0 Å². The number of carbonyl (C=O) groups is 1. The van der Waals surface area contributed by atoms with E-state index in [1.54, 1.807) is 0 Å². The van der Waals surface area contributed by atoms with E-state index < -0.39 is 0 Å². The zero-order chi connectivity index (χ0) is 21.6. The average molecular weight is 493 g/mol. The summed E-state index contributed by atoms with van der Waals surface area (Å²) in [7, 11) is 0. The minimum Gasteiger partial charge on any atom is -0.314 e. The van der Waals surface area contributed by atoms with Crippen molar-refractivity contribution in [2.75, 3.05) is 5.75 Å². The van der Waals surface area contributed by atoms with Gasteiger partial charge in [0.15, 0.2) is 5.16 Å². The van der Waals surface area contributed by atoms with E-state index in [9.17, 15) is 4.79 Å². The van der Waals surface area contributed by atoms with E-state index in [2.05, 4.69) is 49.2 Å². The number of hydrazone groups is 1. The maximum absolute atomic E-state index is 12.4. The smallest absolute Gasteiger partial charge is 0.250 e. The van der Waals surface area contributed by atoms with Gasteiger partial charge in [-0.15, -0.1) is 0 Å². The van der Waals surface area contributed by atoms with E-state index in [1.807, 2.05) is 67.6 Å². The van der Waals surface area contributed by atoms with Crippen molar-refractivity contribution in [2.45, 2.75) is 18.6 Å². The highest BCUT2D eigenvalue weighted by molar-refractivity contribution is 9.10. The summed E-state index contributed by atoms with van der Waals surface area (Å²) in [5.74, 6) is 0.0607. The Morgan fingerprint density at radius 2 is 1.84 bits per heavy atom. The number of nitrogens with zero attached hydrogens (tertiary/aromatic N) is 3. The molecule has 156 valence electrons. The Bertz CT molecular complexity index is 1240. The molecule has 0 fully saturated rings. The molecule has 1 N–H and O–H groups in total. The van der Waals surface area contributed by atoms with Crippen molar-refractivity contribution in [2.24, 2.45) is 5.10 Å². The van der Waals surface area contributed by atoms with E-state index >= 15 is 0 Å². The number of carbonyl (C=O) groups excluding carboxylic acids is 1. The summed E-state index contributed by atoms with van der Waals surface area (Å²) >= 11 is 4.86. The SMILES string of the molecule is C/C(=N\NC(=O)CSc1nc2ccccc2n1Cc1ccccc1)c1cccc(Br)c1. The van der Waals surface area contributed by atoms with Crippen LogP contribution in [0.15, 0.2) is 93.6 Å². The van der Waals surface area contributed by atoms with Crippen LogP contribution in [0.25, 0.3) is 11.0 Å². The topological polar surface area (TPSA) is 59.3 Å². The molecule has 0 saturated heterocycles. The van der Waals surface area contributed by atoms with Gasteiger partial charge in [-0.2, -0.15) is 5.10 Å². The number of hydrogen-bond donors (Lipinski definition) is 1. The van der Waals surface area contributed by atoms with Gasteiger partial charge in [0.05, 0.1) is 29.0 Å². The molecule has 1 aromatic heterocycles. The summed E-state index contributed by atoms with van der Waals surface area (Å²) < 4.78 is 3.12. The number of halogens is 1. The molecule has 7 heteroatoms. The predicted octanol–water partition coefficient (Wildman–Crippen LogP) is 5.48. The van der Waals surface area contributed by atoms with Crippen LogP contribution < -0.4 is 5.43 Å². The molecule has 1 amide bonds. The van der Waals surface area contributed by atoms with Gasteiger partial charge in [0.2, 0.25) is 0 Å². The number of fused-ring (bicyclic) bond motifs is 1. The number of aromatic nitrogens is 2. The van der Waals surface area contributed by atoms with Crippen LogP contribution in [0.5, 0.6) is 0 Å². The second-order valence-electron chi connectivity index (χ2n) is 6.99. The van der Waals surface area contributed by atoms with Gasteiger partial charge in [-0.1, -0.05) is 82.3 Å². The molecule has 0 atom stereocenters. The highest BCUT2D eigenvalue weighted by Crippen LogP contribution is 2.25. The number of rotatable bonds is 7. The Kier molecular flexibility index (Phi) is 6.84. The Hall–Kier alpha value is -2.90. The first-order valence-corrected chi connectivity index (χ1v) is 11.6. The quantitative estimate of drug-likeness (QED) is 0.211. The molecule has 3 aromatic carbocycles. The van der Waals surface area contributed by atoms with Gasteiger partial charge < -0.3 is 4.57 Å². The summed E-state index contributed by atoms with van der Waals surface area (Å²) in [5.41, 5.74) is 7.51. The van der Waals surface area contributed by atoms with E-state index in [0.29, 0.717) is 6.54 Å². The summed E-state index contributed by atoms with van der Waals surface area (Å²) in [6.45, 7) is 2.57. The van der Waals surface area contributed by atoms with Crippen LogP contribution >= 0.6 is 27.7 Å². The van der Waals surface area contributed by atoms with Crippen LogP contribution in [-0.2, 0) is 11.3 Å². The molecule has 0 saturated carbocycles. The number of imidazole rings is 1. The van der Waals surface area contributed by atoms with Crippen molar-refractivity contribution in [1.29, 1.82) is 0 Å². The fourth-order valence-corrected chi connectivity index (χ4v) is 4.37. The Labute approximate surface area is 193 Å². The molecule has 0 aliphatic heterocycles. The standard InChI is InChI=1S/C24H21BrN4OS/c1-17(19-10-7-11-20(25)14-19)27-28-23(30)16-31-24-26-21-12-5-6-13-22(21)29(24)15-18-8-3-2-4-9-18/h2-14H,15-16H2,1H3,(H,28,30)/b27-17+. The largest absolute Gasteiger partial charge is 0.314 e. The van der Waals surface area contributed by atoms with Crippen LogP contribution in [0.1, 0.15) is 18.1 Å². The van der Waals surface area contributed by atoms with Crippen molar-refractivity contribution < 1.29 is 4.79 Å². The normalized spacial score (nSPS) is 11.6. The maximum atomic E-state index is 12.4. The molecule has 0 aliphatic rings. The first kappa shape index (κ1) is 21.3. The molecule has 0 radical (unpaired) electrons. The number of amides is 1. The molecule has 1 heterocycles. The third kappa shape index (κ3) is 5.42. The lowest BCUT2D eigenvalue weighted by atomic mass is 10.1. The summed E-state index contributed by atoms with van der Waals surface area (Å²) in [5, 5.41) is 5.05. The minimum absolute atomic E-state index is 0.169. The van der Waals surface area contributed by atoms with Crippen molar-refractivity contribution >= 4 is 50.3 Å². The second kappa shape index (κ2) is 9.94. The third-order valence-corrected chi connectivity index (χ3v) is 6.20. The first-order valence-electron chi connectivity index (χ1n) is 9.81. The number of nitrogens with one attached hydrogen (secondary N) is 1. The van der Waals surface area contributed by atoms with Crippen LogP contribution in [-0.4, -0.2) is 26.9 Å². The second-order valence-corrected chi connectivity index (χ2v) is 8.84. The molecule has 5 nitrogen and oxygen atoms in total. The van der Waals surface area contributed by atoms with Gasteiger partial charge in [-0.05, 0) is 42.3 Å². The van der Waals surface area contributed by atoms with E-state index in [0.717, 1.165) is 31.9 Å². The lowest BCUT2D eigenvalue weighted by Crippen LogP contribution is -2.21. The number of thioether (sulfide) groups is 1. The lowest BCUT2D eigenvalue weighted by molar-refractivity contribution is -0.118. The van der Waals surface area contributed by atoms with Crippen molar-refractivity contribution in [3.8, 4) is 0 Å².